The van der Waals surface area contributed by atoms with Crippen molar-refractivity contribution in [2.75, 3.05) is 0 Å². The number of rotatable bonds is 3. The quantitative estimate of drug-likeness (QED) is 0.806. The van der Waals surface area contributed by atoms with Gasteiger partial charge in [-0.15, -0.1) is 0 Å². The molecule has 1 nitrogen and oxygen atoms in total. The average molecular weight is 238 g/mol. The number of hydrogen-bond acceptors (Lipinski definition) is 1. The van der Waals surface area contributed by atoms with Crippen LogP contribution in [0.2, 0.25) is 0 Å². The fourth-order valence-electron chi connectivity index (χ4n) is 1.34. The maximum absolute atomic E-state index is 8.98. The first kappa shape index (κ1) is 18.5. The molecule has 0 fully saturated rings. The first-order valence-corrected chi connectivity index (χ1v) is 6.94. The van der Waals surface area contributed by atoms with Crippen molar-refractivity contribution in [1.29, 1.82) is 0 Å². The molecule has 100 valence electrons. The van der Waals surface area contributed by atoms with Crippen molar-refractivity contribution in [3.05, 3.63) is 34.9 Å². The zero-order valence-electron chi connectivity index (χ0n) is 12.5. The van der Waals surface area contributed by atoms with E-state index < -0.39 is 0 Å². The Bertz CT molecular complexity index is 211. The van der Waals surface area contributed by atoms with E-state index in [-0.39, 0.29) is 6.61 Å². The second kappa shape index (κ2) is 13.2. The highest BCUT2D eigenvalue weighted by molar-refractivity contribution is 5.29. The van der Waals surface area contributed by atoms with E-state index in [0.717, 1.165) is 18.4 Å². The summed E-state index contributed by atoms with van der Waals surface area (Å²) >= 11 is 0. The standard InChI is InChI=1S/C11H16O.C3H8.C2H6/c1-3-9-5-10(4-2)7-11(6-9)8-12;1-3-2;1-2/h5-7,12H,3-4,8H2,1-2H3;3H2,1-2H3;1-2H3. The highest BCUT2D eigenvalue weighted by Gasteiger charge is 1.97. The molecule has 1 aromatic carbocycles. The summed E-state index contributed by atoms with van der Waals surface area (Å²) in [4.78, 5) is 0. The van der Waals surface area contributed by atoms with Crippen LogP contribution in [0.1, 0.15) is 64.7 Å². The van der Waals surface area contributed by atoms with Gasteiger partial charge in [-0.25, -0.2) is 0 Å². The molecule has 0 aliphatic rings. The third kappa shape index (κ3) is 8.93. The summed E-state index contributed by atoms with van der Waals surface area (Å²) in [6, 6.07) is 6.34. The van der Waals surface area contributed by atoms with Crippen molar-refractivity contribution in [3.63, 3.8) is 0 Å². The SMILES string of the molecule is CC.CCC.CCc1cc(CC)cc(CO)c1. The van der Waals surface area contributed by atoms with Crippen LogP contribution in [-0.4, -0.2) is 5.11 Å². The molecule has 0 saturated carbocycles. The molecule has 17 heavy (non-hydrogen) atoms. The maximum Gasteiger partial charge on any atom is 0.0682 e. The Hall–Kier alpha value is -0.820. The molecule has 0 aliphatic carbocycles. The minimum Gasteiger partial charge on any atom is -0.392 e. The van der Waals surface area contributed by atoms with E-state index in [4.69, 9.17) is 5.11 Å². The summed E-state index contributed by atoms with van der Waals surface area (Å²) < 4.78 is 0. The molecule has 0 unspecified atom stereocenters. The Morgan fingerprint density at radius 2 is 1.06 bits per heavy atom. The molecule has 0 bridgehead atoms. The van der Waals surface area contributed by atoms with Gasteiger partial charge >= 0.3 is 0 Å². The van der Waals surface area contributed by atoms with Gasteiger partial charge in [-0.05, 0) is 29.5 Å². The van der Waals surface area contributed by atoms with Crippen LogP contribution >= 0.6 is 0 Å². The van der Waals surface area contributed by atoms with E-state index in [9.17, 15) is 0 Å². The van der Waals surface area contributed by atoms with Crippen molar-refractivity contribution in [2.45, 2.75) is 67.4 Å². The molecular weight excluding hydrogens is 208 g/mol. The molecule has 0 radical (unpaired) electrons. The molecule has 0 saturated heterocycles. The smallest absolute Gasteiger partial charge is 0.0682 e. The van der Waals surface area contributed by atoms with Gasteiger partial charge in [0.15, 0.2) is 0 Å². The van der Waals surface area contributed by atoms with Crippen molar-refractivity contribution in [3.8, 4) is 0 Å². The van der Waals surface area contributed by atoms with Gasteiger partial charge in [0.25, 0.3) is 0 Å². The predicted octanol–water partition coefficient (Wildman–Crippen LogP) is 4.75. The van der Waals surface area contributed by atoms with Crippen LogP contribution in [-0.2, 0) is 19.4 Å². The lowest BCUT2D eigenvalue weighted by atomic mass is 10.0. The van der Waals surface area contributed by atoms with Crippen molar-refractivity contribution in [2.24, 2.45) is 0 Å². The summed E-state index contributed by atoms with van der Waals surface area (Å²) in [6.45, 7) is 12.7. The largest absolute Gasteiger partial charge is 0.392 e. The van der Waals surface area contributed by atoms with E-state index in [1.165, 1.54) is 17.5 Å². The third-order valence-corrected chi connectivity index (χ3v) is 2.11. The van der Waals surface area contributed by atoms with Crippen LogP contribution < -0.4 is 0 Å². The van der Waals surface area contributed by atoms with Crippen LogP contribution in [0.5, 0.6) is 0 Å². The van der Waals surface area contributed by atoms with Gasteiger partial charge < -0.3 is 5.11 Å². The number of aliphatic hydroxyl groups excluding tert-OH is 1. The van der Waals surface area contributed by atoms with Crippen molar-refractivity contribution >= 4 is 0 Å². The molecule has 1 N–H and O–H groups in total. The van der Waals surface area contributed by atoms with Crippen LogP contribution in [0.25, 0.3) is 0 Å². The van der Waals surface area contributed by atoms with Crippen LogP contribution in [0.4, 0.5) is 0 Å². The molecule has 1 aromatic rings. The molecule has 0 spiro atoms. The van der Waals surface area contributed by atoms with Crippen LogP contribution in [0.3, 0.4) is 0 Å². The average Bonchev–Trinajstić information content (AvgIpc) is 2.41. The van der Waals surface area contributed by atoms with Gasteiger partial charge in [0.2, 0.25) is 0 Å². The molecule has 0 atom stereocenters. The van der Waals surface area contributed by atoms with Gasteiger partial charge in [-0.3, -0.25) is 0 Å². The first-order chi connectivity index (χ1) is 8.21. The minimum atomic E-state index is 0.154. The molecule has 0 heterocycles. The first-order valence-electron chi connectivity index (χ1n) is 6.94. The van der Waals surface area contributed by atoms with Gasteiger partial charge in [0, 0.05) is 0 Å². The third-order valence-electron chi connectivity index (χ3n) is 2.11. The fraction of sp³-hybridized carbons (Fsp3) is 0.625. The topological polar surface area (TPSA) is 20.2 Å². The van der Waals surface area contributed by atoms with Gasteiger partial charge in [0.05, 0.1) is 6.61 Å². The summed E-state index contributed by atoms with van der Waals surface area (Å²) in [5.74, 6) is 0. The number of aryl methyl sites for hydroxylation is 2. The lowest BCUT2D eigenvalue weighted by molar-refractivity contribution is 0.281. The maximum atomic E-state index is 8.98. The summed E-state index contributed by atoms with van der Waals surface area (Å²) in [5.41, 5.74) is 3.67. The minimum absolute atomic E-state index is 0.154. The second-order valence-electron chi connectivity index (χ2n) is 3.73. The molecular formula is C16H30O. The zero-order valence-corrected chi connectivity index (χ0v) is 12.5. The predicted molar refractivity (Wildman–Crippen MR) is 78.4 cm³/mol. The van der Waals surface area contributed by atoms with E-state index in [1.807, 2.05) is 13.8 Å². The molecule has 1 heteroatoms. The zero-order chi connectivity index (χ0) is 13.7. The molecule has 0 aromatic heterocycles. The number of benzene rings is 1. The second-order valence-corrected chi connectivity index (χ2v) is 3.73. The van der Waals surface area contributed by atoms with Crippen LogP contribution in [0, 0.1) is 0 Å². The molecule has 1 rings (SSSR count). The highest BCUT2D eigenvalue weighted by Crippen LogP contribution is 2.11. The lowest BCUT2D eigenvalue weighted by Gasteiger charge is -2.04. The Morgan fingerprint density at radius 1 is 0.765 bits per heavy atom. The monoisotopic (exact) mass is 238 g/mol. The Kier molecular flexibility index (Phi) is 14.4. The summed E-state index contributed by atoms with van der Waals surface area (Å²) in [6.07, 6.45) is 3.34. The van der Waals surface area contributed by atoms with E-state index in [1.54, 1.807) is 0 Å². The van der Waals surface area contributed by atoms with Crippen LogP contribution in [0.15, 0.2) is 18.2 Å². The van der Waals surface area contributed by atoms with E-state index in [0.29, 0.717) is 0 Å². The Labute approximate surface area is 108 Å². The van der Waals surface area contributed by atoms with Crippen molar-refractivity contribution < 1.29 is 5.11 Å². The number of aliphatic hydroxyl groups is 1. The fourth-order valence-corrected chi connectivity index (χ4v) is 1.34. The lowest BCUT2D eigenvalue weighted by Crippen LogP contribution is -1.91. The number of hydrogen-bond donors (Lipinski definition) is 1. The summed E-state index contributed by atoms with van der Waals surface area (Å²) in [5, 5.41) is 8.98. The Balaban J connectivity index is 0. The molecule has 0 amide bonds. The normalized spacial score (nSPS) is 8.65. The van der Waals surface area contributed by atoms with Crippen molar-refractivity contribution in [1.82, 2.24) is 0 Å². The van der Waals surface area contributed by atoms with E-state index >= 15 is 0 Å². The highest BCUT2D eigenvalue weighted by atomic mass is 16.3. The van der Waals surface area contributed by atoms with Gasteiger partial charge in [0.1, 0.15) is 0 Å². The summed E-state index contributed by atoms with van der Waals surface area (Å²) in [7, 11) is 0. The van der Waals surface area contributed by atoms with Gasteiger partial charge in [-0.1, -0.05) is 66.2 Å². The Morgan fingerprint density at radius 3 is 1.29 bits per heavy atom. The van der Waals surface area contributed by atoms with Gasteiger partial charge in [-0.2, -0.15) is 0 Å². The molecule has 0 aliphatic heterocycles. The van der Waals surface area contributed by atoms with E-state index in [2.05, 4.69) is 45.9 Å².